The Bertz CT molecular complexity index is 1290. The summed E-state index contributed by atoms with van der Waals surface area (Å²) in [5.74, 6) is 0.480. The Morgan fingerprint density at radius 2 is 1.62 bits per heavy atom. The maximum absolute atomic E-state index is 12.7. The summed E-state index contributed by atoms with van der Waals surface area (Å²) in [5.41, 5.74) is 3.55. The van der Waals surface area contributed by atoms with Crippen LogP contribution in [-0.2, 0) is 6.54 Å². The maximum atomic E-state index is 12.7. The van der Waals surface area contributed by atoms with Crippen LogP contribution < -0.4 is 4.74 Å². The summed E-state index contributed by atoms with van der Waals surface area (Å²) in [5, 5.41) is 1.63. The molecule has 29 heavy (non-hydrogen) atoms. The molecule has 3 aromatic rings. The van der Waals surface area contributed by atoms with Crippen LogP contribution in [0.1, 0.15) is 5.56 Å². The number of pyridine rings is 1. The Labute approximate surface area is 164 Å². The van der Waals surface area contributed by atoms with Crippen molar-refractivity contribution >= 4 is 21.8 Å². The van der Waals surface area contributed by atoms with Gasteiger partial charge in [-0.15, -0.1) is 13.2 Å². The second-order valence-electron chi connectivity index (χ2n) is 6.85. The molecule has 0 saturated heterocycles. The average molecular weight is 392 g/mol. The van der Waals surface area contributed by atoms with Crippen molar-refractivity contribution < 1.29 is 17.9 Å². The number of hydrogen-bond donors (Lipinski definition) is 0. The van der Waals surface area contributed by atoms with Gasteiger partial charge in [0.25, 0.3) is 0 Å². The summed E-state index contributed by atoms with van der Waals surface area (Å²) < 4.78 is 44.2. The first-order valence-electron chi connectivity index (χ1n) is 9.09. The minimum atomic E-state index is -4.73. The molecule has 144 valence electrons. The second-order valence-corrected chi connectivity index (χ2v) is 6.85. The Morgan fingerprint density at radius 3 is 2.41 bits per heavy atom. The molecule has 3 aromatic carbocycles. The Hall–Kier alpha value is -3.54. The van der Waals surface area contributed by atoms with Gasteiger partial charge in [0.15, 0.2) is 0 Å². The van der Waals surface area contributed by atoms with Gasteiger partial charge in [-0.2, -0.15) is 0 Å². The van der Waals surface area contributed by atoms with Crippen molar-refractivity contribution in [3.63, 3.8) is 0 Å². The quantitative estimate of drug-likeness (QED) is 0.363. The van der Waals surface area contributed by atoms with Gasteiger partial charge in [-0.3, -0.25) is 0 Å². The zero-order valence-corrected chi connectivity index (χ0v) is 15.1. The van der Waals surface area contributed by atoms with Crippen molar-refractivity contribution in [1.82, 2.24) is 9.55 Å². The SMILES string of the molecule is FC(F)(F)Oc1ccc2nc3n(Cc4ccccc4)c4ccccc4cc-3c2c1. The van der Waals surface area contributed by atoms with E-state index in [1.807, 2.05) is 60.7 Å². The molecule has 0 unspecified atom stereocenters. The van der Waals surface area contributed by atoms with E-state index in [1.54, 1.807) is 6.07 Å². The number of aromatic nitrogens is 2. The van der Waals surface area contributed by atoms with Crippen molar-refractivity contribution in [2.45, 2.75) is 12.9 Å². The first-order valence-corrected chi connectivity index (χ1v) is 9.09. The van der Waals surface area contributed by atoms with Gasteiger partial charge >= 0.3 is 6.36 Å². The highest BCUT2D eigenvalue weighted by molar-refractivity contribution is 6.01. The molecule has 0 bridgehead atoms. The lowest BCUT2D eigenvalue weighted by Crippen LogP contribution is -2.16. The lowest BCUT2D eigenvalue weighted by Gasteiger charge is -2.16. The molecule has 0 radical (unpaired) electrons. The molecule has 6 heteroatoms. The molecule has 0 aromatic heterocycles. The van der Waals surface area contributed by atoms with Crippen LogP contribution in [0.3, 0.4) is 0 Å². The third-order valence-electron chi connectivity index (χ3n) is 4.93. The maximum Gasteiger partial charge on any atom is 0.573 e. The molecule has 0 saturated carbocycles. The molecule has 0 aliphatic carbocycles. The van der Waals surface area contributed by atoms with Crippen LogP contribution in [0.25, 0.3) is 33.2 Å². The first kappa shape index (κ1) is 17.6. The molecule has 0 spiro atoms. The number of benzene rings is 3. The van der Waals surface area contributed by atoms with Crippen molar-refractivity contribution in [2.75, 3.05) is 0 Å². The van der Waals surface area contributed by atoms with Crippen molar-refractivity contribution in [3.8, 4) is 17.1 Å². The lowest BCUT2D eigenvalue weighted by molar-refractivity contribution is -0.274. The molecule has 0 N–H and O–H groups in total. The fourth-order valence-electron chi connectivity index (χ4n) is 3.72. The highest BCUT2D eigenvalue weighted by atomic mass is 19.4. The zero-order chi connectivity index (χ0) is 20.0. The van der Waals surface area contributed by atoms with Crippen LogP contribution in [0.2, 0.25) is 0 Å². The Morgan fingerprint density at radius 1 is 0.862 bits per heavy atom. The van der Waals surface area contributed by atoms with E-state index in [2.05, 4.69) is 9.30 Å². The highest BCUT2D eigenvalue weighted by Gasteiger charge is 2.31. The van der Waals surface area contributed by atoms with Crippen LogP contribution >= 0.6 is 0 Å². The average Bonchev–Trinajstić information content (AvgIpc) is 3.05. The smallest absolute Gasteiger partial charge is 0.406 e. The van der Waals surface area contributed by atoms with Gasteiger partial charge in [0, 0.05) is 17.5 Å². The molecule has 3 nitrogen and oxygen atoms in total. The lowest BCUT2D eigenvalue weighted by atomic mass is 10.1. The fraction of sp³-hybridized carbons (Fsp3) is 0.0870. The standard InChI is InChI=1S/C23H15F3N2O/c24-23(25,26)29-17-10-11-20-18(13-17)19-12-16-8-4-5-9-21(16)28(22(19)27-20)14-15-6-2-1-3-7-15/h1-13H,14H2. The number of rotatable bonds is 3. The Kier molecular flexibility index (Phi) is 3.94. The van der Waals surface area contributed by atoms with E-state index in [-0.39, 0.29) is 5.75 Å². The third-order valence-corrected chi connectivity index (χ3v) is 4.93. The molecule has 0 atom stereocenters. The molecular weight excluding hydrogens is 377 g/mol. The van der Waals surface area contributed by atoms with E-state index in [1.165, 1.54) is 12.1 Å². The Balaban J connectivity index is 1.74. The second kappa shape index (κ2) is 6.51. The summed E-state index contributed by atoms with van der Waals surface area (Å²) in [7, 11) is 0. The van der Waals surface area contributed by atoms with E-state index in [0.717, 1.165) is 27.9 Å². The van der Waals surface area contributed by atoms with Gasteiger partial charge in [0.05, 0.1) is 11.0 Å². The van der Waals surface area contributed by atoms with Crippen LogP contribution in [0.4, 0.5) is 13.2 Å². The van der Waals surface area contributed by atoms with E-state index in [9.17, 15) is 13.2 Å². The van der Waals surface area contributed by atoms with E-state index >= 15 is 0 Å². The summed E-state index contributed by atoms with van der Waals surface area (Å²) in [6.07, 6.45) is -4.73. The number of halogens is 3. The molecule has 2 heterocycles. The summed E-state index contributed by atoms with van der Waals surface area (Å²) in [6.45, 7) is 0.605. The van der Waals surface area contributed by atoms with E-state index < -0.39 is 6.36 Å². The third kappa shape index (κ3) is 3.27. The number of para-hydroxylation sites is 1. The summed E-state index contributed by atoms with van der Waals surface area (Å²) in [4.78, 5) is 4.73. The largest absolute Gasteiger partial charge is 0.573 e. The molecular formula is C23H15F3N2O. The van der Waals surface area contributed by atoms with Gasteiger partial charge in [0.1, 0.15) is 11.6 Å². The molecule has 2 aliphatic heterocycles. The van der Waals surface area contributed by atoms with Crippen molar-refractivity contribution in [1.29, 1.82) is 0 Å². The predicted octanol–water partition coefficient (Wildman–Crippen LogP) is 6.24. The van der Waals surface area contributed by atoms with Crippen LogP contribution in [0, 0.1) is 0 Å². The van der Waals surface area contributed by atoms with Gasteiger partial charge in [-0.1, -0.05) is 48.5 Å². The van der Waals surface area contributed by atoms with Crippen molar-refractivity contribution in [3.05, 3.63) is 84.4 Å². The van der Waals surface area contributed by atoms with Crippen LogP contribution in [0.15, 0.2) is 78.9 Å². The van der Waals surface area contributed by atoms with Gasteiger partial charge in [-0.05, 0) is 41.3 Å². The highest BCUT2D eigenvalue weighted by Crippen LogP contribution is 2.37. The predicted molar refractivity (Wildman–Crippen MR) is 106 cm³/mol. The normalized spacial score (nSPS) is 12.1. The minimum absolute atomic E-state index is 0.248. The molecule has 5 rings (SSSR count). The number of fused-ring (bicyclic) bond motifs is 4. The van der Waals surface area contributed by atoms with E-state index in [0.29, 0.717) is 17.4 Å². The first-order chi connectivity index (χ1) is 14.0. The van der Waals surface area contributed by atoms with Gasteiger partial charge in [0.2, 0.25) is 0 Å². The topological polar surface area (TPSA) is 27.1 Å². The summed E-state index contributed by atoms with van der Waals surface area (Å²) in [6, 6.07) is 24.2. The number of alkyl halides is 3. The fourth-order valence-corrected chi connectivity index (χ4v) is 3.72. The summed E-state index contributed by atoms with van der Waals surface area (Å²) >= 11 is 0. The molecule has 0 amide bonds. The van der Waals surface area contributed by atoms with Crippen LogP contribution in [-0.4, -0.2) is 15.9 Å². The molecule has 0 fully saturated rings. The number of ether oxygens (including phenoxy) is 1. The zero-order valence-electron chi connectivity index (χ0n) is 15.1. The van der Waals surface area contributed by atoms with Crippen molar-refractivity contribution in [2.24, 2.45) is 0 Å². The van der Waals surface area contributed by atoms with Gasteiger partial charge < -0.3 is 9.30 Å². The minimum Gasteiger partial charge on any atom is -0.406 e. The number of hydrogen-bond acceptors (Lipinski definition) is 2. The van der Waals surface area contributed by atoms with E-state index in [4.69, 9.17) is 4.98 Å². The van der Waals surface area contributed by atoms with Gasteiger partial charge in [-0.25, -0.2) is 4.98 Å². The van der Waals surface area contributed by atoms with Crippen LogP contribution in [0.5, 0.6) is 5.75 Å². The monoisotopic (exact) mass is 392 g/mol. The molecule has 2 aliphatic rings. The number of nitrogens with zero attached hydrogens (tertiary/aromatic N) is 2.